The number of rotatable bonds is 2. The summed E-state index contributed by atoms with van der Waals surface area (Å²) in [6.45, 7) is 4.23. The predicted molar refractivity (Wildman–Crippen MR) is 58.9 cm³/mol. The smallest absolute Gasteiger partial charge is 0.446 e. The van der Waals surface area contributed by atoms with Gasteiger partial charge in [0.1, 0.15) is 0 Å². The Morgan fingerprint density at radius 2 is 1.89 bits per heavy atom. The van der Waals surface area contributed by atoms with Crippen LogP contribution in [-0.2, 0) is 14.3 Å². The first-order valence-corrected chi connectivity index (χ1v) is 5.49. The van der Waals surface area contributed by atoms with Crippen molar-refractivity contribution in [2.75, 3.05) is 19.7 Å². The summed E-state index contributed by atoms with van der Waals surface area (Å²) in [5.74, 6) is -0.200. The molecule has 0 aromatic carbocycles. The van der Waals surface area contributed by atoms with Gasteiger partial charge >= 0.3 is 12.1 Å². The van der Waals surface area contributed by atoms with Crippen LogP contribution in [0.1, 0.15) is 19.8 Å². The van der Waals surface area contributed by atoms with E-state index in [0.717, 1.165) is 25.9 Å². The molecule has 0 aliphatic carbocycles. The highest BCUT2D eigenvalue weighted by Crippen LogP contribution is 2.09. The Kier molecular flexibility index (Phi) is 8.02. The fourth-order valence-corrected chi connectivity index (χ4v) is 1.24. The van der Waals surface area contributed by atoms with Gasteiger partial charge in [0.15, 0.2) is 0 Å². The van der Waals surface area contributed by atoms with Crippen LogP contribution in [0.25, 0.3) is 0 Å². The molecule has 1 aliphatic heterocycles. The Labute approximate surface area is 103 Å². The van der Waals surface area contributed by atoms with E-state index >= 15 is 0 Å². The third-order valence-electron chi connectivity index (χ3n) is 1.99. The minimum atomic E-state index is -4.64. The van der Waals surface area contributed by atoms with Gasteiger partial charge in [-0.05, 0) is 32.9 Å². The SMILES string of the molecule is CCOC(=O)C=C1CCNCC1.O=CC(F)(F)F. The quantitative estimate of drug-likeness (QED) is 0.469. The number of hydrogen-bond donors (Lipinski definition) is 1. The molecule has 0 radical (unpaired) electrons. The number of piperidine rings is 1. The van der Waals surface area contributed by atoms with E-state index in [1.54, 1.807) is 6.08 Å². The van der Waals surface area contributed by atoms with Gasteiger partial charge in [-0.2, -0.15) is 13.2 Å². The Bertz CT molecular complexity index is 292. The number of halogens is 3. The highest BCUT2D eigenvalue weighted by atomic mass is 19.4. The molecule has 1 aliphatic rings. The third kappa shape index (κ3) is 9.83. The number of nitrogens with one attached hydrogen (secondary N) is 1. The largest absolute Gasteiger partial charge is 0.463 e. The van der Waals surface area contributed by atoms with E-state index in [4.69, 9.17) is 9.53 Å². The van der Waals surface area contributed by atoms with Crippen molar-refractivity contribution in [3.05, 3.63) is 11.6 Å². The standard InChI is InChI=1S/C9H15NO2.C2HF3O/c1-2-12-9(11)7-8-3-5-10-6-4-8;3-2(4,5)1-6/h7,10H,2-6H2,1H3;1H. The van der Waals surface area contributed by atoms with Gasteiger partial charge in [0.2, 0.25) is 6.29 Å². The molecule has 0 aromatic rings. The first-order valence-electron chi connectivity index (χ1n) is 5.49. The number of ether oxygens (including phenoxy) is 1. The fraction of sp³-hybridized carbons (Fsp3) is 0.636. The monoisotopic (exact) mass is 267 g/mol. The highest BCUT2D eigenvalue weighted by molar-refractivity contribution is 5.82. The number of aldehydes is 1. The number of hydrogen-bond acceptors (Lipinski definition) is 4. The molecule has 0 amide bonds. The number of esters is 1. The second-order valence-corrected chi connectivity index (χ2v) is 3.46. The van der Waals surface area contributed by atoms with Crippen LogP contribution >= 0.6 is 0 Å². The molecule has 7 heteroatoms. The van der Waals surface area contributed by atoms with Crippen molar-refractivity contribution in [2.45, 2.75) is 25.9 Å². The molecule has 0 spiro atoms. The van der Waals surface area contributed by atoms with E-state index in [1.165, 1.54) is 5.57 Å². The van der Waals surface area contributed by atoms with Crippen LogP contribution in [0.4, 0.5) is 13.2 Å². The van der Waals surface area contributed by atoms with E-state index in [2.05, 4.69) is 5.32 Å². The maximum atomic E-state index is 11.0. The van der Waals surface area contributed by atoms with E-state index < -0.39 is 12.5 Å². The molecule has 0 unspecified atom stereocenters. The molecule has 1 rings (SSSR count). The molecular weight excluding hydrogens is 251 g/mol. The summed E-state index contributed by atoms with van der Waals surface area (Å²) in [4.78, 5) is 19.7. The van der Waals surface area contributed by atoms with Gasteiger partial charge < -0.3 is 10.1 Å². The molecule has 1 N–H and O–H groups in total. The van der Waals surface area contributed by atoms with E-state index in [0.29, 0.717) is 6.61 Å². The lowest BCUT2D eigenvalue weighted by atomic mass is 10.1. The highest BCUT2D eigenvalue weighted by Gasteiger charge is 2.24. The summed E-state index contributed by atoms with van der Waals surface area (Å²) < 4.78 is 36.1. The zero-order valence-corrected chi connectivity index (χ0v) is 10.0. The van der Waals surface area contributed by atoms with Gasteiger partial charge in [-0.3, -0.25) is 4.79 Å². The summed E-state index contributed by atoms with van der Waals surface area (Å²) in [5, 5.41) is 3.23. The lowest BCUT2D eigenvalue weighted by Gasteiger charge is -2.14. The maximum Gasteiger partial charge on any atom is 0.446 e. The predicted octanol–water partition coefficient (Wildman–Crippen LogP) is 1.61. The summed E-state index contributed by atoms with van der Waals surface area (Å²) in [6.07, 6.45) is -2.13. The Morgan fingerprint density at radius 3 is 2.28 bits per heavy atom. The Morgan fingerprint density at radius 1 is 1.39 bits per heavy atom. The Hall–Kier alpha value is -1.37. The summed E-state index contributed by atoms with van der Waals surface area (Å²) in [5.41, 5.74) is 1.20. The van der Waals surface area contributed by atoms with Crippen LogP contribution in [0.15, 0.2) is 11.6 Å². The first-order chi connectivity index (χ1) is 8.39. The van der Waals surface area contributed by atoms with Crippen LogP contribution < -0.4 is 5.32 Å². The van der Waals surface area contributed by atoms with E-state index in [1.807, 2.05) is 6.92 Å². The normalized spacial score (nSPS) is 15.2. The summed E-state index contributed by atoms with van der Waals surface area (Å²) in [6, 6.07) is 0. The van der Waals surface area contributed by atoms with Gasteiger partial charge in [0.25, 0.3) is 0 Å². The average molecular weight is 267 g/mol. The molecule has 0 bridgehead atoms. The van der Waals surface area contributed by atoms with Crippen molar-refractivity contribution in [3.8, 4) is 0 Å². The molecule has 18 heavy (non-hydrogen) atoms. The molecule has 0 aromatic heterocycles. The first kappa shape index (κ1) is 16.6. The zero-order chi connectivity index (χ0) is 14.0. The summed E-state index contributed by atoms with van der Waals surface area (Å²) >= 11 is 0. The molecule has 0 saturated carbocycles. The second-order valence-electron chi connectivity index (χ2n) is 3.46. The molecule has 1 fully saturated rings. The number of alkyl halides is 3. The van der Waals surface area contributed by atoms with Gasteiger partial charge in [0.05, 0.1) is 6.61 Å². The number of carbonyl (C=O) groups excluding carboxylic acids is 2. The van der Waals surface area contributed by atoms with Gasteiger partial charge in [-0.1, -0.05) is 5.57 Å². The van der Waals surface area contributed by atoms with Crippen LogP contribution in [0.3, 0.4) is 0 Å². The van der Waals surface area contributed by atoms with Crippen LogP contribution in [0, 0.1) is 0 Å². The zero-order valence-electron chi connectivity index (χ0n) is 10.0. The fourth-order valence-electron chi connectivity index (χ4n) is 1.24. The van der Waals surface area contributed by atoms with Crippen molar-refractivity contribution in [2.24, 2.45) is 0 Å². The molecule has 1 heterocycles. The van der Waals surface area contributed by atoms with Crippen molar-refractivity contribution < 1.29 is 27.5 Å². The van der Waals surface area contributed by atoms with E-state index in [9.17, 15) is 18.0 Å². The van der Waals surface area contributed by atoms with Crippen LogP contribution in [-0.4, -0.2) is 38.1 Å². The van der Waals surface area contributed by atoms with Crippen molar-refractivity contribution in [1.29, 1.82) is 0 Å². The molecular formula is C11H16F3NO3. The van der Waals surface area contributed by atoms with Gasteiger partial charge in [-0.15, -0.1) is 0 Å². The topological polar surface area (TPSA) is 55.4 Å². The summed E-state index contributed by atoms with van der Waals surface area (Å²) in [7, 11) is 0. The Balaban J connectivity index is 0.000000411. The minimum Gasteiger partial charge on any atom is -0.463 e. The van der Waals surface area contributed by atoms with Gasteiger partial charge in [-0.25, -0.2) is 4.79 Å². The molecule has 0 atom stereocenters. The lowest BCUT2D eigenvalue weighted by molar-refractivity contribution is -0.156. The molecule has 1 saturated heterocycles. The maximum absolute atomic E-state index is 11.0. The van der Waals surface area contributed by atoms with Crippen LogP contribution in [0.5, 0.6) is 0 Å². The van der Waals surface area contributed by atoms with Crippen molar-refractivity contribution >= 4 is 12.3 Å². The number of carbonyl (C=O) groups is 2. The van der Waals surface area contributed by atoms with Crippen LogP contribution in [0.2, 0.25) is 0 Å². The second kappa shape index (κ2) is 8.68. The average Bonchev–Trinajstić information content (AvgIpc) is 2.30. The van der Waals surface area contributed by atoms with Gasteiger partial charge in [0, 0.05) is 6.08 Å². The van der Waals surface area contributed by atoms with E-state index in [-0.39, 0.29) is 5.97 Å². The third-order valence-corrected chi connectivity index (χ3v) is 1.99. The molecule has 104 valence electrons. The lowest BCUT2D eigenvalue weighted by Crippen LogP contribution is -2.23. The van der Waals surface area contributed by atoms with Crippen molar-refractivity contribution in [1.82, 2.24) is 5.32 Å². The molecule has 4 nitrogen and oxygen atoms in total. The minimum absolute atomic E-state index is 0.200. The van der Waals surface area contributed by atoms with Crippen molar-refractivity contribution in [3.63, 3.8) is 0 Å².